The molecule has 0 spiro atoms. The van der Waals surface area contributed by atoms with Crippen LogP contribution in [0.4, 0.5) is 11.4 Å². The topological polar surface area (TPSA) is 78.5 Å². The van der Waals surface area contributed by atoms with E-state index in [1.54, 1.807) is 18.2 Å². The lowest BCUT2D eigenvalue weighted by Crippen LogP contribution is -2.42. The fraction of sp³-hybridized carbons (Fsp3) is 0.400. The average Bonchev–Trinajstić information content (AvgIpc) is 2.75. The second-order valence-corrected chi connectivity index (χ2v) is 8.66. The van der Waals surface area contributed by atoms with Crippen molar-refractivity contribution in [1.82, 2.24) is 5.32 Å². The maximum atomic E-state index is 12.8. The van der Waals surface area contributed by atoms with Gasteiger partial charge in [-0.05, 0) is 35.1 Å². The van der Waals surface area contributed by atoms with Crippen LogP contribution in [0, 0.1) is 5.92 Å². The molecule has 0 aromatic heterocycles. The molecule has 2 N–H and O–H groups in total. The predicted octanol–water partition coefficient (Wildman–Crippen LogP) is 4.39. The minimum absolute atomic E-state index is 0.0334. The Morgan fingerprint density at radius 3 is 2.26 bits per heavy atom. The molecule has 1 heterocycles. The minimum atomic E-state index is -0.236. The number of hydrogen-bond donors (Lipinski definition) is 2. The van der Waals surface area contributed by atoms with Gasteiger partial charge in [0, 0.05) is 12.8 Å². The van der Waals surface area contributed by atoms with Gasteiger partial charge in [-0.25, -0.2) is 0 Å². The zero-order valence-electron chi connectivity index (χ0n) is 18.6. The maximum Gasteiger partial charge on any atom is 0.244 e. The molecule has 1 aliphatic rings. The lowest BCUT2D eigenvalue weighted by atomic mass is 9.93. The van der Waals surface area contributed by atoms with Crippen molar-refractivity contribution < 1.29 is 14.4 Å². The highest BCUT2D eigenvalue weighted by molar-refractivity contribution is 6.10. The number of carbonyl (C=O) groups excluding carboxylic acids is 3. The summed E-state index contributed by atoms with van der Waals surface area (Å²) in [5.41, 5.74) is 3.59. The van der Waals surface area contributed by atoms with Crippen LogP contribution in [-0.2, 0) is 14.4 Å². The Morgan fingerprint density at radius 2 is 1.61 bits per heavy atom. The van der Waals surface area contributed by atoms with Gasteiger partial charge in [0.05, 0.1) is 17.4 Å². The molecule has 0 aliphatic carbocycles. The standard InChI is InChI=1S/C25H31N3O3/c1-16(2)18-9-11-19(12-10-18)25(17(3)4)27-22(29)13-14-24(31)28-15-23(30)26-20-7-5-6-8-21(20)28/h5-12,16-17,25H,13-15H2,1-4H3,(H,26,30)(H,27,29). The normalized spacial score (nSPS) is 14.3. The SMILES string of the molecule is CC(C)c1ccc(C(NC(=O)CCC(=O)N2CC(=O)Nc3ccccc32)C(C)C)cc1. The van der Waals surface area contributed by atoms with E-state index < -0.39 is 0 Å². The lowest BCUT2D eigenvalue weighted by Gasteiger charge is -2.29. The monoisotopic (exact) mass is 421 g/mol. The summed E-state index contributed by atoms with van der Waals surface area (Å²) in [5, 5.41) is 5.84. The molecule has 2 aromatic carbocycles. The molecule has 0 fully saturated rings. The highest BCUT2D eigenvalue weighted by Crippen LogP contribution is 2.29. The second kappa shape index (κ2) is 9.77. The van der Waals surface area contributed by atoms with E-state index in [4.69, 9.17) is 0 Å². The molecule has 3 amide bonds. The third-order valence-corrected chi connectivity index (χ3v) is 5.58. The summed E-state index contributed by atoms with van der Waals surface area (Å²) in [4.78, 5) is 38.8. The van der Waals surface area contributed by atoms with Crippen molar-refractivity contribution in [3.05, 3.63) is 59.7 Å². The van der Waals surface area contributed by atoms with E-state index in [0.29, 0.717) is 17.3 Å². The van der Waals surface area contributed by atoms with Crippen molar-refractivity contribution in [2.24, 2.45) is 5.92 Å². The van der Waals surface area contributed by atoms with Crippen molar-refractivity contribution in [1.29, 1.82) is 0 Å². The molecule has 0 saturated heterocycles. The van der Waals surface area contributed by atoms with Crippen molar-refractivity contribution >= 4 is 29.1 Å². The van der Waals surface area contributed by atoms with E-state index >= 15 is 0 Å². The first kappa shape index (κ1) is 22.5. The van der Waals surface area contributed by atoms with Crippen LogP contribution >= 0.6 is 0 Å². The van der Waals surface area contributed by atoms with Gasteiger partial charge in [0.15, 0.2) is 0 Å². The van der Waals surface area contributed by atoms with E-state index in [9.17, 15) is 14.4 Å². The smallest absolute Gasteiger partial charge is 0.244 e. The average molecular weight is 422 g/mol. The fourth-order valence-electron chi connectivity index (χ4n) is 3.78. The largest absolute Gasteiger partial charge is 0.349 e. The summed E-state index contributed by atoms with van der Waals surface area (Å²) in [7, 11) is 0. The molecular weight excluding hydrogens is 390 g/mol. The first-order valence-electron chi connectivity index (χ1n) is 10.8. The molecule has 6 nitrogen and oxygen atoms in total. The van der Waals surface area contributed by atoms with E-state index in [-0.39, 0.29) is 49.1 Å². The van der Waals surface area contributed by atoms with Crippen LogP contribution in [0.5, 0.6) is 0 Å². The van der Waals surface area contributed by atoms with Gasteiger partial charge >= 0.3 is 0 Å². The van der Waals surface area contributed by atoms with E-state index in [0.717, 1.165) is 5.56 Å². The van der Waals surface area contributed by atoms with Gasteiger partial charge in [0.25, 0.3) is 0 Å². The summed E-state index contributed by atoms with van der Waals surface area (Å²) in [6, 6.07) is 15.4. The number of anilines is 2. The second-order valence-electron chi connectivity index (χ2n) is 8.66. The van der Waals surface area contributed by atoms with Gasteiger partial charge < -0.3 is 15.5 Å². The number of para-hydroxylation sites is 2. The molecule has 31 heavy (non-hydrogen) atoms. The number of fused-ring (bicyclic) bond motifs is 1. The Morgan fingerprint density at radius 1 is 0.968 bits per heavy atom. The minimum Gasteiger partial charge on any atom is -0.349 e. The Kier molecular flexibility index (Phi) is 7.10. The molecule has 6 heteroatoms. The van der Waals surface area contributed by atoms with Crippen molar-refractivity contribution in [2.45, 2.75) is 52.5 Å². The van der Waals surface area contributed by atoms with E-state index in [1.165, 1.54) is 10.5 Å². The van der Waals surface area contributed by atoms with Crippen LogP contribution in [0.1, 0.15) is 63.6 Å². The van der Waals surface area contributed by atoms with Gasteiger partial charge in [-0.15, -0.1) is 0 Å². The molecule has 2 aromatic rings. The van der Waals surface area contributed by atoms with Gasteiger partial charge in [-0.2, -0.15) is 0 Å². The molecule has 1 unspecified atom stereocenters. The van der Waals surface area contributed by atoms with Gasteiger partial charge in [-0.3, -0.25) is 14.4 Å². The molecule has 1 atom stereocenters. The Hall–Kier alpha value is -3.15. The summed E-state index contributed by atoms with van der Waals surface area (Å²) < 4.78 is 0. The lowest BCUT2D eigenvalue weighted by molar-refractivity contribution is -0.126. The Labute approximate surface area is 184 Å². The number of rotatable bonds is 7. The van der Waals surface area contributed by atoms with E-state index in [2.05, 4.69) is 62.6 Å². The third kappa shape index (κ3) is 5.51. The van der Waals surface area contributed by atoms with Crippen LogP contribution in [0.25, 0.3) is 0 Å². The summed E-state index contributed by atoms with van der Waals surface area (Å²) >= 11 is 0. The van der Waals surface area contributed by atoms with Crippen LogP contribution in [0.2, 0.25) is 0 Å². The summed E-state index contributed by atoms with van der Waals surface area (Å²) in [6.45, 7) is 8.40. The van der Waals surface area contributed by atoms with Crippen LogP contribution in [-0.4, -0.2) is 24.3 Å². The summed E-state index contributed by atoms with van der Waals surface area (Å²) in [6.07, 6.45) is 0.122. The zero-order valence-corrected chi connectivity index (χ0v) is 18.6. The molecule has 0 saturated carbocycles. The maximum absolute atomic E-state index is 12.8. The van der Waals surface area contributed by atoms with Crippen LogP contribution in [0.15, 0.2) is 48.5 Å². The quantitative estimate of drug-likeness (QED) is 0.696. The number of carbonyl (C=O) groups is 3. The van der Waals surface area contributed by atoms with E-state index in [1.807, 2.05) is 6.07 Å². The van der Waals surface area contributed by atoms with Crippen LogP contribution in [0.3, 0.4) is 0 Å². The molecule has 3 rings (SSSR count). The molecule has 0 radical (unpaired) electrons. The first-order chi connectivity index (χ1) is 14.8. The number of nitrogens with zero attached hydrogens (tertiary/aromatic N) is 1. The third-order valence-electron chi connectivity index (χ3n) is 5.58. The first-order valence-corrected chi connectivity index (χ1v) is 10.8. The van der Waals surface area contributed by atoms with Crippen molar-refractivity contribution in [3.8, 4) is 0 Å². The molecule has 0 bridgehead atoms. The van der Waals surface area contributed by atoms with Gasteiger partial charge in [0.2, 0.25) is 17.7 Å². The van der Waals surface area contributed by atoms with Crippen molar-refractivity contribution in [2.75, 3.05) is 16.8 Å². The summed E-state index contributed by atoms with van der Waals surface area (Å²) in [5.74, 6) is 0.0205. The fourth-order valence-corrected chi connectivity index (χ4v) is 3.78. The molecule has 1 aliphatic heterocycles. The van der Waals surface area contributed by atoms with Gasteiger partial charge in [0.1, 0.15) is 6.54 Å². The predicted molar refractivity (Wildman–Crippen MR) is 123 cm³/mol. The van der Waals surface area contributed by atoms with Gasteiger partial charge in [-0.1, -0.05) is 64.1 Å². The number of amides is 3. The van der Waals surface area contributed by atoms with Crippen molar-refractivity contribution in [3.63, 3.8) is 0 Å². The highest BCUT2D eigenvalue weighted by Gasteiger charge is 2.27. The molecular formula is C25H31N3O3. The number of nitrogens with one attached hydrogen (secondary N) is 2. The molecule has 164 valence electrons. The number of hydrogen-bond acceptors (Lipinski definition) is 3. The Bertz CT molecular complexity index is 951. The highest BCUT2D eigenvalue weighted by atomic mass is 16.2. The Balaban J connectivity index is 1.62. The zero-order chi connectivity index (χ0) is 22.5. The van der Waals surface area contributed by atoms with Crippen LogP contribution < -0.4 is 15.5 Å². The number of benzene rings is 2.